The van der Waals surface area contributed by atoms with Gasteiger partial charge in [-0.3, -0.25) is 14.5 Å². The van der Waals surface area contributed by atoms with Crippen LogP contribution in [0.15, 0.2) is 18.2 Å². The average molecular weight is 458 g/mol. The van der Waals surface area contributed by atoms with Crippen molar-refractivity contribution in [2.24, 2.45) is 5.92 Å². The topological polar surface area (TPSA) is 62.3 Å². The van der Waals surface area contributed by atoms with Crippen LogP contribution in [0, 0.1) is 5.92 Å². The van der Waals surface area contributed by atoms with Crippen molar-refractivity contribution in [3.63, 3.8) is 0 Å². The van der Waals surface area contributed by atoms with E-state index in [1.807, 2.05) is 4.90 Å². The summed E-state index contributed by atoms with van der Waals surface area (Å²) in [5.74, 6) is 1.97. The van der Waals surface area contributed by atoms with Gasteiger partial charge in [-0.15, -0.1) is 0 Å². The fraction of sp³-hybridized carbons (Fsp3) is 0.692. The number of nitrogens with zero attached hydrogens (tertiary/aromatic N) is 3. The molecule has 0 radical (unpaired) electrons. The van der Waals surface area contributed by atoms with E-state index in [0.717, 1.165) is 45.3 Å². The van der Waals surface area contributed by atoms with Gasteiger partial charge < -0.3 is 19.3 Å². The number of carbonyl (C=O) groups is 2. The number of likely N-dealkylation sites (tertiary alicyclic amines) is 1. The Balaban J connectivity index is 1.45. The highest BCUT2D eigenvalue weighted by Gasteiger charge is 2.40. The van der Waals surface area contributed by atoms with E-state index in [1.54, 1.807) is 32.4 Å². The highest BCUT2D eigenvalue weighted by Crippen LogP contribution is 2.33. The molecule has 182 valence electrons. The zero-order valence-corrected chi connectivity index (χ0v) is 20.4. The molecule has 4 rings (SSSR count). The normalized spacial score (nSPS) is 23.4. The predicted octanol–water partition coefficient (Wildman–Crippen LogP) is 3.42. The second kappa shape index (κ2) is 10.8. The summed E-state index contributed by atoms with van der Waals surface area (Å²) in [7, 11) is 3.18. The van der Waals surface area contributed by atoms with Gasteiger partial charge in [0.2, 0.25) is 5.91 Å². The number of benzene rings is 1. The van der Waals surface area contributed by atoms with Crippen molar-refractivity contribution in [3.05, 3.63) is 23.8 Å². The third-order valence-corrected chi connectivity index (χ3v) is 7.78. The SMILES string of the molecule is COc1cc(OC)cc(C(=O)N2CCN([C@@H](C(=O)N3CCCC[C@H]3C)C3CCCC3)CC2)c1. The molecule has 0 unspecified atom stereocenters. The summed E-state index contributed by atoms with van der Waals surface area (Å²) in [6.07, 6.45) is 8.16. The molecule has 3 fully saturated rings. The number of rotatable bonds is 6. The van der Waals surface area contributed by atoms with E-state index in [4.69, 9.17) is 9.47 Å². The van der Waals surface area contributed by atoms with Crippen molar-refractivity contribution in [1.29, 1.82) is 0 Å². The fourth-order valence-corrected chi connectivity index (χ4v) is 5.84. The molecule has 2 atom stereocenters. The summed E-state index contributed by atoms with van der Waals surface area (Å²) in [4.78, 5) is 33.4. The van der Waals surface area contributed by atoms with E-state index >= 15 is 0 Å². The van der Waals surface area contributed by atoms with Crippen LogP contribution in [0.5, 0.6) is 11.5 Å². The lowest BCUT2D eigenvalue weighted by molar-refractivity contribution is -0.143. The van der Waals surface area contributed by atoms with Gasteiger partial charge >= 0.3 is 0 Å². The standard InChI is InChI=1S/C26H39N3O4/c1-19-8-6-7-11-29(19)26(31)24(20-9-4-5-10-20)27-12-14-28(15-13-27)25(30)21-16-22(32-2)18-23(17-21)33-3/h16-20,24H,4-15H2,1-3H3/t19-,24-/m1/s1. The molecular formula is C26H39N3O4. The Morgan fingerprint density at radius 2 is 1.45 bits per heavy atom. The lowest BCUT2D eigenvalue weighted by atomic mass is 9.92. The summed E-state index contributed by atoms with van der Waals surface area (Å²) < 4.78 is 10.7. The molecule has 7 nitrogen and oxygen atoms in total. The number of ether oxygens (including phenoxy) is 2. The Bertz CT molecular complexity index is 809. The summed E-state index contributed by atoms with van der Waals surface area (Å²) in [6, 6.07) is 5.59. The van der Waals surface area contributed by atoms with E-state index in [2.05, 4.69) is 16.7 Å². The Morgan fingerprint density at radius 3 is 2.03 bits per heavy atom. The average Bonchev–Trinajstić information content (AvgIpc) is 3.38. The predicted molar refractivity (Wildman–Crippen MR) is 128 cm³/mol. The molecule has 2 aliphatic heterocycles. The summed E-state index contributed by atoms with van der Waals surface area (Å²) >= 11 is 0. The van der Waals surface area contributed by atoms with Gasteiger partial charge in [-0.1, -0.05) is 12.8 Å². The number of hydrogen-bond acceptors (Lipinski definition) is 5. The van der Waals surface area contributed by atoms with Crippen molar-refractivity contribution in [3.8, 4) is 11.5 Å². The molecule has 0 spiro atoms. The van der Waals surface area contributed by atoms with Crippen LogP contribution in [0.4, 0.5) is 0 Å². The highest BCUT2D eigenvalue weighted by molar-refractivity contribution is 5.95. The van der Waals surface area contributed by atoms with E-state index in [0.29, 0.717) is 48.0 Å². The van der Waals surface area contributed by atoms with Gasteiger partial charge in [-0.2, -0.15) is 0 Å². The van der Waals surface area contributed by atoms with E-state index in [9.17, 15) is 9.59 Å². The monoisotopic (exact) mass is 457 g/mol. The Morgan fingerprint density at radius 1 is 0.848 bits per heavy atom. The van der Waals surface area contributed by atoms with Crippen LogP contribution in [0.2, 0.25) is 0 Å². The molecule has 2 heterocycles. The minimum atomic E-state index is -0.0396. The number of piperidine rings is 1. The number of methoxy groups -OCH3 is 2. The number of hydrogen-bond donors (Lipinski definition) is 0. The van der Waals surface area contributed by atoms with Crippen molar-refractivity contribution in [2.45, 2.75) is 64.0 Å². The molecule has 2 amide bonds. The summed E-state index contributed by atoms with van der Waals surface area (Å²) in [5, 5.41) is 0. The fourth-order valence-electron chi connectivity index (χ4n) is 5.84. The maximum atomic E-state index is 13.7. The lowest BCUT2D eigenvalue weighted by Gasteiger charge is -2.44. The molecule has 1 saturated carbocycles. The van der Waals surface area contributed by atoms with Gasteiger partial charge in [0, 0.05) is 50.4 Å². The van der Waals surface area contributed by atoms with Crippen molar-refractivity contribution in [1.82, 2.24) is 14.7 Å². The molecule has 0 N–H and O–H groups in total. The summed E-state index contributed by atoms with van der Waals surface area (Å²) in [5.41, 5.74) is 0.574. The first-order valence-electron chi connectivity index (χ1n) is 12.6. The zero-order valence-electron chi connectivity index (χ0n) is 20.4. The largest absolute Gasteiger partial charge is 0.497 e. The Hall–Kier alpha value is -2.28. The second-order valence-electron chi connectivity index (χ2n) is 9.80. The minimum absolute atomic E-state index is 0.0137. The van der Waals surface area contributed by atoms with Crippen molar-refractivity contribution >= 4 is 11.8 Å². The lowest BCUT2D eigenvalue weighted by Crippen LogP contribution is -2.60. The van der Waals surface area contributed by atoms with Gasteiger partial charge in [-0.05, 0) is 57.1 Å². The van der Waals surface area contributed by atoms with Gasteiger partial charge in [0.15, 0.2) is 0 Å². The van der Waals surface area contributed by atoms with Gasteiger partial charge in [0.25, 0.3) is 5.91 Å². The van der Waals surface area contributed by atoms with E-state index in [1.165, 1.54) is 19.3 Å². The van der Waals surface area contributed by atoms with Crippen LogP contribution in [-0.4, -0.2) is 85.5 Å². The van der Waals surface area contributed by atoms with Crippen LogP contribution < -0.4 is 9.47 Å². The van der Waals surface area contributed by atoms with Crippen LogP contribution >= 0.6 is 0 Å². The first-order valence-corrected chi connectivity index (χ1v) is 12.6. The molecule has 2 saturated heterocycles. The van der Waals surface area contributed by atoms with Gasteiger partial charge in [0.1, 0.15) is 11.5 Å². The van der Waals surface area contributed by atoms with Crippen LogP contribution in [0.25, 0.3) is 0 Å². The quantitative estimate of drug-likeness (QED) is 0.655. The maximum Gasteiger partial charge on any atom is 0.254 e. The van der Waals surface area contributed by atoms with Crippen LogP contribution in [0.1, 0.15) is 62.2 Å². The first kappa shape index (κ1) is 23.9. The molecule has 0 aromatic heterocycles. The van der Waals surface area contributed by atoms with E-state index in [-0.39, 0.29) is 11.9 Å². The van der Waals surface area contributed by atoms with Gasteiger partial charge in [0.05, 0.1) is 20.3 Å². The molecule has 1 aromatic rings. The number of carbonyl (C=O) groups excluding carboxylic acids is 2. The molecule has 1 aliphatic carbocycles. The third-order valence-electron chi connectivity index (χ3n) is 7.78. The molecule has 0 bridgehead atoms. The van der Waals surface area contributed by atoms with Gasteiger partial charge in [-0.25, -0.2) is 0 Å². The third kappa shape index (κ3) is 5.29. The molecule has 7 heteroatoms. The smallest absolute Gasteiger partial charge is 0.254 e. The molecule has 1 aromatic carbocycles. The van der Waals surface area contributed by atoms with Crippen molar-refractivity contribution in [2.75, 3.05) is 46.9 Å². The second-order valence-corrected chi connectivity index (χ2v) is 9.80. The zero-order chi connectivity index (χ0) is 23.4. The molecule has 3 aliphatic rings. The first-order chi connectivity index (χ1) is 16.0. The van der Waals surface area contributed by atoms with Crippen LogP contribution in [-0.2, 0) is 4.79 Å². The van der Waals surface area contributed by atoms with E-state index < -0.39 is 0 Å². The highest BCUT2D eigenvalue weighted by atomic mass is 16.5. The van der Waals surface area contributed by atoms with Crippen LogP contribution in [0.3, 0.4) is 0 Å². The molecular weight excluding hydrogens is 418 g/mol. The van der Waals surface area contributed by atoms with Crippen molar-refractivity contribution < 1.29 is 19.1 Å². The number of amides is 2. The maximum absolute atomic E-state index is 13.7. The molecule has 33 heavy (non-hydrogen) atoms. The summed E-state index contributed by atoms with van der Waals surface area (Å²) in [6.45, 7) is 5.82. The minimum Gasteiger partial charge on any atom is -0.497 e. The number of piperazine rings is 1. The Labute approximate surface area is 198 Å². The Kier molecular flexibility index (Phi) is 7.78.